The van der Waals surface area contributed by atoms with Gasteiger partial charge in [-0.05, 0) is 45.5 Å². The SMILES string of the molecule is CCNC(=NCc1ccnc(N2CCN(C)CC2)c1)NCCC(=O)N(CC)CC. The number of guanidine groups is 1. The van der Waals surface area contributed by atoms with Gasteiger partial charge in [0.15, 0.2) is 5.96 Å². The van der Waals surface area contributed by atoms with Crippen LogP contribution in [-0.4, -0.2) is 86.1 Å². The smallest absolute Gasteiger partial charge is 0.224 e. The van der Waals surface area contributed by atoms with Crippen LogP contribution >= 0.6 is 0 Å². The first-order chi connectivity index (χ1) is 14.1. The van der Waals surface area contributed by atoms with E-state index in [0.29, 0.717) is 19.5 Å². The quantitative estimate of drug-likeness (QED) is 0.476. The summed E-state index contributed by atoms with van der Waals surface area (Å²) in [6.45, 7) is 13.6. The summed E-state index contributed by atoms with van der Waals surface area (Å²) in [5.74, 6) is 1.93. The molecule has 0 radical (unpaired) electrons. The van der Waals surface area contributed by atoms with Crippen molar-refractivity contribution in [1.82, 2.24) is 25.4 Å². The van der Waals surface area contributed by atoms with E-state index in [0.717, 1.165) is 63.2 Å². The third-order valence-corrected chi connectivity index (χ3v) is 5.15. The Morgan fingerprint density at radius 3 is 2.55 bits per heavy atom. The van der Waals surface area contributed by atoms with Gasteiger partial charge in [-0.2, -0.15) is 0 Å². The lowest BCUT2D eigenvalue weighted by Crippen LogP contribution is -2.44. The average Bonchev–Trinajstić information content (AvgIpc) is 2.73. The van der Waals surface area contributed by atoms with Crippen LogP contribution in [0.4, 0.5) is 5.82 Å². The normalized spacial score (nSPS) is 15.3. The van der Waals surface area contributed by atoms with Crippen LogP contribution in [0.25, 0.3) is 0 Å². The first-order valence-electron chi connectivity index (χ1n) is 10.8. The number of nitrogens with one attached hydrogen (secondary N) is 2. The number of carbonyl (C=O) groups is 1. The van der Waals surface area contributed by atoms with E-state index >= 15 is 0 Å². The number of pyridine rings is 1. The minimum absolute atomic E-state index is 0.171. The maximum Gasteiger partial charge on any atom is 0.224 e. The van der Waals surface area contributed by atoms with E-state index in [1.54, 1.807) is 0 Å². The number of hydrogen-bond acceptors (Lipinski definition) is 5. The topological polar surface area (TPSA) is 76.1 Å². The van der Waals surface area contributed by atoms with Crippen molar-refractivity contribution in [1.29, 1.82) is 0 Å². The van der Waals surface area contributed by atoms with Gasteiger partial charge < -0.3 is 25.3 Å². The zero-order valence-electron chi connectivity index (χ0n) is 18.4. The predicted octanol–water partition coefficient (Wildman–Crippen LogP) is 1.15. The molecule has 1 aliphatic rings. The van der Waals surface area contributed by atoms with E-state index in [2.05, 4.69) is 43.5 Å². The highest BCUT2D eigenvalue weighted by atomic mass is 16.2. The second-order valence-corrected chi connectivity index (χ2v) is 7.25. The molecule has 29 heavy (non-hydrogen) atoms. The summed E-state index contributed by atoms with van der Waals surface area (Å²) in [5.41, 5.74) is 1.13. The summed E-state index contributed by atoms with van der Waals surface area (Å²) < 4.78 is 0. The van der Waals surface area contributed by atoms with Crippen molar-refractivity contribution in [2.75, 3.05) is 64.3 Å². The molecule has 0 unspecified atom stereocenters. The second kappa shape index (κ2) is 12.3. The molecule has 1 aromatic heterocycles. The number of aromatic nitrogens is 1. The van der Waals surface area contributed by atoms with Crippen LogP contribution in [0.2, 0.25) is 0 Å². The molecule has 1 aliphatic heterocycles. The highest BCUT2D eigenvalue weighted by Crippen LogP contribution is 2.15. The molecule has 2 heterocycles. The molecule has 2 N–H and O–H groups in total. The molecular weight excluding hydrogens is 366 g/mol. The third-order valence-electron chi connectivity index (χ3n) is 5.15. The van der Waals surface area contributed by atoms with Gasteiger partial charge in [0.1, 0.15) is 5.82 Å². The molecule has 0 aromatic carbocycles. The monoisotopic (exact) mass is 403 g/mol. The molecule has 0 aliphatic carbocycles. The Balaban J connectivity index is 1.90. The minimum atomic E-state index is 0.171. The molecule has 1 fully saturated rings. The molecule has 1 aromatic rings. The number of piperazine rings is 1. The molecule has 8 heteroatoms. The van der Waals surface area contributed by atoms with E-state index < -0.39 is 0 Å². The fraction of sp³-hybridized carbons (Fsp3) is 0.667. The molecule has 0 atom stereocenters. The Morgan fingerprint density at radius 1 is 1.17 bits per heavy atom. The largest absolute Gasteiger partial charge is 0.357 e. The third kappa shape index (κ3) is 7.53. The lowest BCUT2D eigenvalue weighted by Gasteiger charge is -2.33. The van der Waals surface area contributed by atoms with Crippen LogP contribution in [-0.2, 0) is 11.3 Å². The van der Waals surface area contributed by atoms with E-state index in [4.69, 9.17) is 0 Å². The van der Waals surface area contributed by atoms with Crippen LogP contribution in [0.1, 0.15) is 32.8 Å². The average molecular weight is 404 g/mol. The summed E-state index contributed by atoms with van der Waals surface area (Å²) in [4.78, 5) is 27.9. The number of likely N-dealkylation sites (N-methyl/N-ethyl adjacent to an activating group) is 1. The lowest BCUT2D eigenvalue weighted by molar-refractivity contribution is -0.130. The molecule has 8 nitrogen and oxygen atoms in total. The first kappa shape index (κ1) is 22.9. The van der Waals surface area contributed by atoms with Crippen molar-refractivity contribution >= 4 is 17.7 Å². The molecular formula is C21H37N7O. The molecule has 0 saturated carbocycles. The van der Waals surface area contributed by atoms with Crippen molar-refractivity contribution in [3.63, 3.8) is 0 Å². The Kier molecular flexibility index (Phi) is 9.70. The van der Waals surface area contributed by atoms with Crippen molar-refractivity contribution < 1.29 is 4.79 Å². The van der Waals surface area contributed by atoms with Gasteiger partial charge in [-0.1, -0.05) is 0 Å². The molecule has 1 amide bonds. The minimum Gasteiger partial charge on any atom is -0.357 e. The van der Waals surface area contributed by atoms with Gasteiger partial charge in [0, 0.05) is 65.0 Å². The summed E-state index contributed by atoms with van der Waals surface area (Å²) in [6.07, 6.45) is 2.33. The van der Waals surface area contributed by atoms with Crippen LogP contribution in [0, 0.1) is 0 Å². The van der Waals surface area contributed by atoms with Gasteiger partial charge in [-0.15, -0.1) is 0 Å². The van der Waals surface area contributed by atoms with Crippen LogP contribution < -0.4 is 15.5 Å². The summed E-state index contributed by atoms with van der Waals surface area (Å²) in [7, 11) is 2.15. The maximum atomic E-state index is 12.1. The Labute approximate surface area is 175 Å². The van der Waals surface area contributed by atoms with Crippen LogP contribution in [0.3, 0.4) is 0 Å². The summed E-state index contributed by atoms with van der Waals surface area (Å²) in [5, 5.41) is 6.52. The molecule has 0 spiro atoms. The van der Waals surface area contributed by atoms with Crippen molar-refractivity contribution in [3.05, 3.63) is 23.9 Å². The molecule has 162 valence electrons. The van der Waals surface area contributed by atoms with Crippen LogP contribution in [0.15, 0.2) is 23.3 Å². The van der Waals surface area contributed by atoms with Crippen molar-refractivity contribution in [3.8, 4) is 0 Å². The zero-order valence-corrected chi connectivity index (χ0v) is 18.4. The number of amides is 1. The van der Waals surface area contributed by atoms with E-state index in [9.17, 15) is 4.79 Å². The first-order valence-corrected chi connectivity index (χ1v) is 10.8. The second-order valence-electron chi connectivity index (χ2n) is 7.25. The Hall–Kier alpha value is -2.35. The fourth-order valence-corrected chi connectivity index (χ4v) is 3.30. The molecule has 1 saturated heterocycles. The lowest BCUT2D eigenvalue weighted by atomic mass is 10.2. The number of anilines is 1. The van der Waals surface area contributed by atoms with E-state index in [1.807, 2.05) is 37.9 Å². The van der Waals surface area contributed by atoms with Crippen molar-refractivity contribution in [2.45, 2.75) is 33.7 Å². The summed E-state index contributed by atoms with van der Waals surface area (Å²) >= 11 is 0. The Bertz CT molecular complexity index is 652. The highest BCUT2D eigenvalue weighted by molar-refractivity contribution is 5.81. The highest BCUT2D eigenvalue weighted by Gasteiger charge is 2.15. The van der Waals surface area contributed by atoms with Crippen LogP contribution in [0.5, 0.6) is 0 Å². The number of aliphatic imine (C=N–C) groups is 1. The standard InChI is InChI=1S/C21H37N7O/c1-5-22-21(24-11-9-20(29)27(6-2)7-3)25-17-18-8-10-23-19(16-18)28-14-12-26(4)13-15-28/h8,10,16H,5-7,9,11-15,17H2,1-4H3,(H2,22,24,25). The van der Waals surface area contributed by atoms with Gasteiger partial charge in [0.2, 0.25) is 5.91 Å². The molecule has 0 bridgehead atoms. The Morgan fingerprint density at radius 2 is 1.90 bits per heavy atom. The zero-order chi connectivity index (χ0) is 21.1. The number of nitrogens with zero attached hydrogens (tertiary/aromatic N) is 5. The number of rotatable bonds is 9. The number of carbonyl (C=O) groups excluding carboxylic acids is 1. The maximum absolute atomic E-state index is 12.1. The van der Waals surface area contributed by atoms with Gasteiger partial charge in [-0.25, -0.2) is 9.98 Å². The van der Waals surface area contributed by atoms with Gasteiger partial charge in [0.05, 0.1) is 6.54 Å². The predicted molar refractivity (Wildman–Crippen MR) is 119 cm³/mol. The fourth-order valence-electron chi connectivity index (χ4n) is 3.30. The van der Waals surface area contributed by atoms with Gasteiger partial charge >= 0.3 is 0 Å². The van der Waals surface area contributed by atoms with Crippen molar-refractivity contribution in [2.24, 2.45) is 4.99 Å². The number of hydrogen-bond donors (Lipinski definition) is 2. The summed E-state index contributed by atoms with van der Waals surface area (Å²) in [6, 6.07) is 4.14. The van der Waals surface area contributed by atoms with E-state index in [-0.39, 0.29) is 5.91 Å². The molecule has 2 rings (SSSR count). The van der Waals surface area contributed by atoms with E-state index in [1.165, 1.54) is 0 Å². The van der Waals surface area contributed by atoms with Gasteiger partial charge in [0.25, 0.3) is 0 Å². The van der Waals surface area contributed by atoms with Gasteiger partial charge in [-0.3, -0.25) is 4.79 Å².